The van der Waals surface area contributed by atoms with Crippen molar-refractivity contribution in [2.75, 3.05) is 33.9 Å². The minimum atomic E-state index is -3.28. The van der Waals surface area contributed by atoms with Gasteiger partial charge in [-0.1, -0.05) is 97.7 Å². The summed E-state index contributed by atoms with van der Waals surface area (Å²) in [4.78, 5) is 69.1. The quantitative estimate of drug-likeness (QED) is 0.0946. The molecule has 3 heterocycles. The summed E-state index contributed by atoms with van der Waals surface area (Å²) in [5.41, 5.74) is 4.58. The van der Waals surface area contributed by atoms with Crippen LogP contribution < -0.4 is 10.6 Å². The molecule has 1 saturated heterocycles. The number of amides is 4. The summed E-state index contributed by atoms with van der Waals surface area (Å²) in [5.74, 6) is -2.36. The van der Waals surface area contributed by atoms with E-state index >= 15 is 8.78 Å². The highest BCUT2D eigenvalue weighted by molar-refractivity contribution is 5.88. The van der Waals surface area contributed by atoms with Crippen molar-refractivity contribution in [3.63, 3.8) is 0 Å². The van der Waals surface area contributed by atoms with E-state index in [1.807, 2.05) is 49.9 Å². The minimum Gasteiger partial charge on any atom is -0.453 e. The molecule has 1 aliphatic heterocycles. The fraction of sp³-hybridized carbons (Fsp3) is 0.464. The number of aromatic nitrogens is 4. The van der Waals surface area contributed by atoms with E-state index in [1.54, 1.807) is 41.4 Å². The predicted octanol–water partition coefficient (Wildman–Crippen LogP) is 12.5. The Morgan fingerprint density at radius 3 is 1.97 bits per heavy atom. The smallest absolute Gasteiger partial charge is 0.407 e. The summed E-state index contributed by atoms with van der Waals surface area (Å²) in [5, 5.41) is 4.93. The van der Waals surface area contributed by atoms with Crippen LogP contribution in [0.25, 0.3) is 44.5 Å². The van der Waals surface area contributed by atoms with Crippen LogP contribution in [-0.4, -0.2) is 93.6 Å². The lowest BCUT2D eigenvalue weighted by Gasteiger charge is -2.34. The number of benzene rings is 3. The minimum absolute atomic E-state index is 0.000371. The van der Waals surface area contributed by atoms with E-state index in [-0.39, 0.29) is 66.0 Å². The molecule has 390 valence electrons. The number of aromatic amines is 2. The van der Waals surface area contributed by atoms with Crippen molar-refractivity contribution >= 4 is 35.0 Å². The first-order chi connectivity index (χ1) is 34.6. The molecule has 4 amide bonds. The second-order valence-corrected chi connectivity index (χ2v) is 18.2. The molecular weight excluding hydrogens is 919 g/mol. The second-order valence-electron chi connectivity index (χ2n) is 18.2. The van der Waals surface area contributed by atoms with Crippen LogP contribution in [0.3, 0.4) is 0 Å². The number of hydrogen-bond acceptors (Lipinski definition) is 8. The molecular formula is C56H76F2N8O6. The van der Waals surface area contributed by atoms with Gasteiger partial charge >= 0.3 is 12.2 Å². The molecule has 4 aliphatic rings. The molecule has 3 fully saturated rings. The second kappa shape index (κ2) is 26.6. The number of methoxy groups -OCH3 is 2. The number of nitrogens with one attached hydrogen (secondary N) is 4. The Kier molecular flexibility index (Phi) is 21.3. The van der Waals surface area contributed by atoms with Gasteiger partial charge in [-0.2, -0.15) is 8.78 Å². The number of alkyl halides is 2. The number of alkyl carbamates (subject to hydrolysis) is 2. The standard InChI is InChI=1S/C43H44F2N8O6.2C3H8.C3H6.C2H6.C2H4/c1-42(12-13-42)22-52(36(54)19-47-40(56)58-2)21-35-46-18-34(49-35)25-6-10-29-28-9-5-23(15-30(28)43(44,45)31(29)16-25)24-7-11-32-33(17-24)51-39(50-32)38-26-4-8-27(14-26)53(38)37(55)20-48-41(57)59-3;3*1-3-2;2*1-2/h5-7,9-11,15-18,26-27,38H,4,8,12-14,19-22H2,1-3H3,(H,46,49)(H,47,56)(H,48,57)(H,50,51);2*3H2,1-2H3;3H,1H2,2H3;1-2H3;1-2H2/t26?,27?,38-;;;;;/m0...../s1. The van der Waals surface area contributed by atoms with Gasteiger partial charge in [-0.3, -0.25) is 9.59 Å². The lowest BCUT2D eigenvalue weighted by Crippen LogP contribution is -2.45. The van der Waals surface area contributed by atoms with Crippen LogP contribution in [0.1, 0.15) is 129 Å². The van der Waals surface area contributed by atoms with Gasteiger partial charge in [-0.05, 0) is 96.9 Å². The fourth-order valence-electron chi connectivity index (χ4n) is 9.10. The number of carbonyl (C=O) groups is 4. The van der Waals surface area contributed by atoms with Crippen molar-refractivity contribution in [2.24, 2.45) is 11.3 Å². The Morgan fingerprint density at radius 1 is 0.847 bits per heavy atom. The molecule has 9 rings (SSSR count). The maximum absolute atomic E-state index is 16.4. The van der Waals surface area contributed by atoms with Crippen LogP contribution in [0.2, 0.25) is 0 Å². The van der Waals surface area contributed by atoms with Crippen molar-refractivity contribution in [3.8, 4) is 33.5 Å². The highest BCUT2D eigenvalue weighted by Crippen LogP contribution is 2.53. The average Bonchev–Trinajstić information content (AvgIpc) is 3.97. The Labute approximate surface area is 424 Å². The SMILES string of the molecule is C=C.C=CC.CC.CCC.CCC.COC(=O)NCC(=O)N(Cc1ncc(-c2ccc3c(c2)C(F)(F)c2cc(-c4ccc5nc([C@@H]6C7CCC(C7)N6C(=O)CNC(=O)OC)[nH]c5c4)ccc2-3)[nH]1)CC1(C)CC1. The summed E-state index contributed by atoms with van der Waals surface area (Å²) in [6.45, 7) is 26.1. The third kappa shape index (κ3) is 13.6. The molecule has 3 atom stereocenters. The number of halogens is 2. The molecule has 2 unspecified atom stereocenters. The topological polar surface area (TPSA) is 175 Å². The maximum Gasteiger partial charge on any atom is 0.407 e. The normalized spacial score (nSPS) is 17.4. The van der Waals surface area contributed by atoms with Gasteiger partial charge in [-0.15, -0.1) is 19.7 Å². The van der Waals surface area contributed by atoms with Crippen LogP contribution in [-0.2, 0) is 31.5 Å². The summed E-state index contributed by atoms with van der Waals surface area (Å²) in [6, 6.07) is 15.6. The summed E-state index contributed by atoms with van der Waals surface area (Å²) < 4.78 is 42.1. The van der Waals surface area contributed by atoms with Crippen molar-refractivity contribution in [3.05, 3.63) is 109 Å². The van der Waals surface area contributed by atoms with Crippen LogP contribution in [0, 0.1) is 11.3 Å². The molecule has 14 nitrogen and oxygen atoms in total. The Bertz CT molecular complexity index is 2620. The van der Waals surface area contributed by atoms with E-state index in [0.29, 0.717) is 51.7 Å². The number of imidazole rings is 2. The zero-order valence-corrected chi connectivity index (χ0v) is 44.0. The summed E-state index contributed by atoms with van der Waals surface area (Å²) in [7, 11) is 2.48. The van der Waals surface area contributed by atoms with Gasteiger partial charge in [0.1, 0.15) is 24.7 Å². The van der Waals surface area contributed by atoms with Gasteiger partial charge in [0, 0.05) is 29.3 Å². The highest BCUT2D eigenvalue weighted by Gasteiger charge is 2.50. The van der Waals surface area contributed by atoms with Crippen molar-refractivity contribution < 1.29 is 37.4 Å². The highest BCUT2D eigenvalue weighted by atomic mass is 19.3. The number of H-pyrrole nitrogens is 2. The molecule has 16 heteroatoms. The van der Waals surface area contributed by atoms with Gasteiger partial charge in [0.15, 0.2) is 0 Å². The molecule has 4 N–H and O–H groups in total. The zero-order chi connectivity index (χ0) is 53.3. The number of allylic oxidation sites excluding steroid dienone is 1. The molecule has 72 heavy (non-hydrogen) atoms. The Morgan fingerprint density at radius 2 is 1.39 bits per heavy atom. The lowest BCUT2D eigenvalue weighted by atomic mass is 9.98. The monoisotopic (exact) mass is 995 g/mol. The van der Waals surface area contributed by atoms with Crippen molar-refractivity contribution in [1.29, 1.82) is 0 Å². The summed E-state index contributed by atoms with van der Waals surface area (Å²) >= 11 is 0. The molecule has 2 bridgehead atoms. The number of nitrogens with zero attached hydrogens (tertiary/aromatic N) is 4. The number of likely N-dealkylation sites (tertiary alicyclic amines) is 1. The van der Waals surface area contributed by atoms with E-state index in [4.69, 9.17) is 4.98 Å². The van der Waals surface area contributed by atoms with Gasteiger partial charge < -0.3 is 39.9 Å². The van der Waals surface area contributed by atoms with Crippen molar-refractivity contribution in [1.82, 2.24) is 40.4 Å². The fourth-order valence-corrected chi connectivity index (χ4v) is 9.10. The van der Waals surface area contributed by atoms with Gasteiger partial charge in [0.2, 0.25) is 11.8 Å². The first-order valence-electron chi connectivity index (χ1n) is 25.1. The molecule has 3 aliphatic carbocycles. The van der Waals surface area contributed by atoms with Crippen LogP contribution in [0.4, 0.5) is 18.4 Å². The zero-order valence-electron chi connectivity index (χ0n) is 44.0. The summed E-state index contributed by atoms with van der Waals surface area (Å²) in [6.07, 6.45) is 9.18. The lowest BCUT2D eigenvalue weighted by molar-refractivity contribution is -0.135. The van der Waals surface area contributed by atoms with Gasteiger partial charge in [-0.25, -0.2) is 19.6 Å². The molecule has 0 radical (unpaired) electrons. The van der Waals surface area contributed by atoms with E-state index in [2.05, 4.69) is 89.4 Å². The van der Waals surface area contributed by atoms with Crippen LogP contribution in [0.15, 0.2) is 86.6 Å². The first kappa shape index (κ1) is 57.7. The first-order valence-corrected chi connectivity index (χ1v) is 25.1. The number of carbonyl (C=O) groups excluding carboxylic acids is 4. The largest absolute Gasteiger partial charge is 0.453 e. The van der Waals surface area contributed by atoms with E-state index in [9.17, 15) is 19.2 Å². The van der Waals surface area contributed by atoms with E-state index in [1.165, 1.54) is 33.1 Å². The number of fused-ring (bicyclic) bond motifs is 6. The maximum atomic E-state index is 16.4. The van der Waals surface area contributed by atoms with E-state index in [0.717, 1.165) is 43.2 Å². The van der Waals surface area contributed by atoms with Crippen LogP contribution in [0.5, 0.6) is 0 Å². The third-order valence-corrected chi connectivity index (χ3v) is 12.4. The van der Waals surface area contributed by atoms with Crippen LogP contribution >= 0.6 is 0 Å². The number of hydrogen-bond donors (Lipinski definition) is 4. The molecule has 2 saturated carbocycles. The third-order valence-electron chi connectivity index (χ3n) is 12.4. The molecule has 0 spiro atoms. The Hall–Kier alpha value is -6.84. The average molecular weight is 995 g/mol. The number of ether oxygens (including phenoxy) is 2. The van der Waals surface area contributed by atoms with E-state index < -0.39 is 18.1 Å². The number of rotatable bonds is 11. The van der Waals surface area contributed by atoms with Gasteiger partial charge in [0.25, 0.3) is 5.92 Å². The molecule has 2 aromatic heterocycles. The molecule has 5 aromatic rings. The van der Waals surface area contributed by atoms with Crippen molar-refractivity contribution in [2.45, 2.75) is 125 Å². The predicted molar refractivity (Wildman–Crippen MR) is 282 cm³/mol. The number of piperidine rings is 1. The molecule has 3 aromatic carbocycles. The Balaban J connectivity index is 0.000000790. The van der Waals surface area contributed by atoms with Gasteiger partial charge in [0.05, 0.1) is 49.7 Å².